The van der Waals surface area contributed by atoms with Gasteiger partial charge in [0.25, 0.3) is 0 Å². The zero-order valence-electron chi connectivity index (χ0n) is 12.1. The predicted octanol–water partition coefficient (Wildman–Crippen LogP) is 3.19. The number of aromatic amines is 1. The van der Waals surface area contributed by atoms with Crippen LogP contribution in [0.2, 0.25) is 0 Å². The Kier molecular flexibility index (Phi) is 4.80. The van der Waals surface area contributed by atoms with Gasteiger partial charge in [0, 0.05) is 6.07 Å². The molecule has 1 N–H and O–H groups in total. The molecule has 1 heterocycles. The first-order valence-electron chi connectivity index (χ1n) is 7.01. The number of nitrogens with zero attached hydrogens (tertiary/aromatic N) is 2. The molecule has 0 bridgehead atoms. The van der Waals surface area contributed by atoms with Crippen LogP contribution in [0.4, 0.5) is 0 Å². The van der Waals surface area contributed by atoms with E-state index in [1.165, 1.54) is 12.8 Å². The lowest BCUT2D eigenvalue weighted by Crippen LogP contribution is -2.24. The second-order valence-electron chi connectivity index (χ2n) is 4.79. The van der Waals surface area contributed by atoms with Crippen LogP contribution in [0.5, 0.6) is 5.75 Å². The lowest BCUT2D eigenvalue weighted by molar-refractivity contribution is 0.269. The number of H-pyrrole nitrogens is 1. The van der Waals surface area contributed by atoms with Gasteiger partial charge >= 0.3 is 0 Å². The summed E-state index contributed by atoms with van der Waals surface area (Å²) in [6.45, 7) is 7.49. The molecule has 104 valence electrons. The number of hydrogen-bond acceptors (Lipinski definition) is 3. The van der Waals surface area contributed by atoms with Crippen molar-refractivity contribution in [3.63, 3.8) is 0 Å². The van der Waals surface area contributed by atoms with Crippen LogP contribution in [0, 0.1) is 0 Å². The van der Waals surface area contributed by atoms with Crippen molar-refractivity contribution in [2.24, 2.45) is 0 Å². The Bertz CT molecular complexity index is 521. The molecule has 4 heteroatoms. The van der Waals surface area contributed by atoms with Gasteiger partial charge < -0.3 is 9.72 Å². The molecule has 0 saturated carbocycles. The molecule has 1 aromatic carbocycles. The summed E-state index contributed by atoms with van der Waals surface area (Å²) in [5.74, 6) is 1.89. The number of ether oxygens (including phenoxy) is 1. The molecule has 4 nitrogen and oxygen atoms in total. The molecule has 0 radical (unpaired) electrons. The number of rotatable bonds is 7. The molecule has 0 fully saturated rings. The molecule has 0 aliphatic rings. The highest BCUT2D eigenvalue weighted by atomic mass is 16.5. The van der Waals surface area contributed by atoms with Crippen LogP contribution >= 0.6 is 0 Å². The van der Waals surface area contributed by atoms with Crippen LogP contribution in [0.25, 0.3) is 11.0 Å². The fourth-order valence-electron chi connectivity index (χ4n) is 2.19. The van der Waals surface area contributed by atoms with E-state index in [0.717, 1.165) is 42.2 Å². The first-order chi connectivity index (χ1) is 9.26. The maximum atomic E-state index is 5.23. The minimum Gasteiger partial charge on any atom is -0.497 e. The summed E-state index contributed by atoms with van der Waals surface area (Å²) in [6, 6.07) is 5.94. The number of imidazole rings is 1. The average Bonchev–Trinajstić information content (AvgIpc) is 2.84. The molecule has 0 spiro atoms. The largest absolute Gasteiger partial charge is 0.497 e. The number of benzene rings is 1. The quantitative estimate of drug-likeness (QED) is 0.832. The minimum atomic E-state index is 0.862. The van der Waals surface area contributed by atoms with Crippen LogP contribution < -0.4 is 4.74 Å². The lowest BCUT2D eigenvalue weighted by atomic mass is 10.3. The molecule has 0 saturated heterocycles. The maximum absolute atomic E-state index is 5.23. The highest BCUT2D eigenvalue weighted by molar-refractivity contribution is 5.76. The molecular weight excluding hydrogens is 238 g/mol. The van der Waals surface area contributed by atoms with Gasteiger partial charge in [0.05, 0.1) is 24.7 Å². The summed E-state index contributed by atoms with van der Waals surface area (Å²) in [7, 11) is 1.68. The standard InChI is InChI=1S/C15H23N3O/c1-4-6-9-18(5-2)11-15-16-13-8-7-12(19-3)10-14(13)17-15/h7-8,10H,4-6,9,11H2,1-3H3,(H,16,17). The molecule has 0 aliphatic heterocycles. The van der Waals surface area contributed by atoms with Gasteiger partial charge in [0.1, 0.15) is 11.6 Å². The Morgan fingerprint density at radius 2 is 2.16 bits per heavy atom. The Labute approximate surface area is 114 Å². The number of aromatic nitrogens is 2. The van der Waals surface area contributed by atoms with E-state index in [1.807, 2.05) is 18.2 Å². The lowest BCUT2D eigenvalue weighted by Gasteiger charge is -2.18. The zero-order chi connectivity index (χ0) is 13.7. The van der Waals surface area contributed by atoms with E-state index in [1.54, 1.807) is 7.11 Å². The molecule has 19 heavy (non-hydrogen) atoms. The molecule has 0 unspecified atom stereocenters. The van der Waals surface area contributed by atoms with Crippen molar-refractivity contribution >= 4 is 11.0 Å². The normalized spacial score (nSPS) is 11.4. The van der Waals surface area contributed by atoms with Crippen LogP contribution in [0.15, 0.2) is 18.2 Å². The highest BCUT2D eigenvalue weighted by Crippen LogP contribution is 2.19. The van der Waals surface area contributed by atoms with E-state index >= 15 is 0 Å². The van der Waals surface area contributed by atoms with E-state index in [2.05, 4.69) is 28.7 Å². The monoisotopic (exact) mass is 261 g/mol. The van der Waals surface area contributed by atoms with Crippen molar-refractivity contribution in [3.05, 3.63) is 24.0 Å². The third-order valence-corrected chi connectivity index (χ3v) is 3.39. The van der Waals surface area contributed by atoms with Gasteiger partial charge in [-0.25, -0.2) is 4.98 Å². The summed E-state index contributed by atoms with van der Waals surface area (Å²) in [6.07, 6.45) is 2.47. The Morgan fingerprint density at radius 3 is 2.84 bits per heavy atom. The van der Waals surface area contributed by atoms with Gasteiger partial charge in [0.2, 0.25) is 0 Å². The Hall–Kier alpha value is -1.55. The molecular formula is C15H23N3O. The van der Waals surface area contributed by atoms with Gasteiger partial charge in [-0.3, -0.25) is 4.90 Å². The number of nitrogens with one attached hydrogen (secondary N) is 1. The molecule has 0 amide bonds. The first kappa shape index (κ1) is 13.9. The third-order valence-electron chi connectivity index (χ3n) is 3.39. The highest BCUT2D eigenvalue weighted by Gasteiger charge is 2.08. The van der Waals surface area contributed by atoms with E-state index in [4.69, 9.17) is 4.74 Å². The number of methoxy groups -OCH3 is 1. The fraction of sp³-hybridized carbons (Fsp3) is 0.533. The molecule has 2 aromatic rings. The van der Waals surface area contributed by atoms with Crippen molar-refractivity contribution < 1.29 is 4.74 Å². The fourth-order valence-corrected chi connectivity index (χ4v) is 2.19. The maximum Gasteiger partial charge on any atom is 0.121 e. The number of hydrogen-bond donors (Lipinski definition) is 1. The van der Waals surface area contributed by atoms with E-state index in [9.17, 15) is 0 Å². The van der Waals surface area contributed by atoms with Crippen molar-refractivity contribution in [2.75, 3.05) is 20.2 Å². The predicted molar refractivity (Wildman–Crippen MR) is 78.5 cm³/mol. The SMILES string of the molecule is CCCCN(CC)Cc1nc2ccc(OC)cc2[nH]1. The van der Waals surface area contributed by atoms with Gasteiger partial charge in [-0.2, -0.15) is 0 Å². The summed E-state index contributed by atoms with van der Waals surface area (Å²) in [5, 5.41) is 0. The molecule has 1 aromatic heterocycles. The second-order valence-corrected chi connectivity index (χ2v) is 4.79. The third kappa shape index (κ3) is 3.47. The average molecular weight is 261 g/mol. The van der Waals surface area contributed by atoms with E-state index in [-0.39, 0.29) is 0 Å². The van der Waals surface area contributed by atoms with Crippen molar-refractivity contribution in [3.8, 4) is 5.75 Å². The van der Waals surface area contributed by atoms with Crippen LogP contribution in [-0.2, 0) is 6.54 Å². The van der Waals surface area contributed by atoms with Gasteiger partial charge in [-0.1, -0.05) is 20.3 Å². The number of fused-ring (bicyclic) bond motifs is 1. The van der Waals surface area contributed by atoms with Crippen LogP contribution in [-0.4, -0.2) is 35.1 Å². The molecule has 0 aliphatic carbocycles. The Morgan fingerprint density at radius 1 is 1.32 bits per heavy atom. The Balaban J connectivity index is 2.11. The van der Waals surface area contributed by atoms with Crippen molar-refractivity contribution in [2.45, 2.75) is 33.2 Å². The van der Waals surface area contributed by atoms with E-state index < -0.39 is 0 Å². The topological polar surface area (TPSA) is 41.2 Å². The molecule has 0 atom stereocenters. The van der Waals surface area contributed by atoms with Crippen LogP contribution in [0.1, 0.15) is 32.5 Å². The zero-order valence-corrected chi connectivity index (χ0v) is 12.1. The summed E-state index contributed by atoms with van der Waals surface area (Å²) in [4.78, 5) is 10.4. The van der Waals surface area contributed by atoms with Gasteiger partial charge in [-0.15, -0.1) is 0 Å². The van der Waals surface area contributed by atoms with Gasteiger partial charge in [0.15, 0.2) is 0 Å². The minimum absolute atomic E-state index is 0.862. The van der Waals surface area contributed by atoms with Crippen molar-refractivity contribution in [1.82, 2.24) is 14.9 Å². The van der Waals surface area contributed by atoms with E-state index in [0.29, 0.717) is 0 Å². The van der Waals surface area contributed by atoms with Crippen LogP contribution in [0.3, 0.4) is 0 Å². The smallest absolute Gasteiger partial charge is 0.121 e. The number of unbranched alkanes of at least 4 members (excludes halogenated alkanes) is 1. The summed E-state index contributed by atoms with van der Waals surface area (Å²) < 4.78 is 5.23. The van der Waals surface area contributed by atoms with Crippen molar-refractivity contribution in [1.29, 1.82) is 0 Å². The van der Waals surface area contributed by atoms with Gasteiger partial charge in [-0.05, 0) is 31.6 Å². The first-order valence-corrected chi connectivity index (χ1v) is 7.01. The molecule has 2 rings (SSSR count). The summed E-state index contributed by atoms with van der Waals surface area (Å²) in [5.41, 5.74) is 2.04. The summed E-state index contributed by atoms with van der Waals surface area (Å²) >= 11 is 0. The second kappa shape index (κ2) is 6.57.